The van der Waals surface area contributed by atoms with Crippen molar-refractivity contribution in [3.63, 3.8) is 0 Å². The molecule has 0 fully saturated rings. The smallest absolute Gasteiger partial charge is 0.234 e. The van der Waals surface area contributed by atoms with E-state index < -0.39 is 0 Å². The molecule has 0 radical (unpaired) electrons. The van der Waals surface area contributed by atoms with E-state index >= 15 is 0 Å². The summed E-state index contributed by atoms with van der Waals surface area (Å²) in [6, 6.07) is 15.9. The molecule has 1 aliphatic heterocycles. The maximum absolute atomic E-state index is 12.4. The van der Waals surface area contributed by atoms with Gasteiger partial charge in [-0.25, -0.2) is 0 Å². The predicted octanol–water partition coefficient (Wildman–Crippen LogP) is 3.00. The van der Waals surface area contributed by atoms with Gasteiger partial charge >= 0.3 is 0 Å². The molecule has 0 bridgehead atoms. The van der Waals surface area contributed by atoms with E-state index in [0.29, 0.717) is 6.42 Å². The highest BCUT2D eigenvalue weighted by molar-refractivity contribution is 6.04. The Kier molecular flexibility index (Phi) is 3.18. The molecule has 102 valence electrons. The van der Waals surface area contributed by atoms with Gasteiger partial charge in [0.1, 0.15) is 5.75 Å². The van der Waals surface area contributed by atoms with Gasteiger partial charge in [-0.15, -0.1) is 0 Å². The van der Waals surface area contributed by atoms with Crippen molar-refractivity contribution in [3.8, 4) is 5.75 Å². The van der Waals surface area contributed by atoms with Gasteiger partial charge < -0.3 is 9.64 Å². The van der Waals surface area contributed by atoms with Gasteiger partial charge in [-0.1, -0.05) is 30.3 Å². The number of ether oxygens (including phenoxy) is 1. The highest BCUT2D eigenvalue weighted by Crippen LogP contribution is 2.38. The number of fused-ring (bicyclic) bond motifs is 1. The molecule has 1 aliphatic rings. The fraction of sp³-hybridized carbons (Fsp3) is 0.235. The maximum Gasteiger partial charge on any atom is 0.234 e. The predicted molar refractivity (Wildman–Crippen MR) is 79.3 cm³/mol. The van der Waals surface area contributed by atoms with Crippen molar-refractivity contribution in [1.29, 1.82) is 0 Å². The van der Waals surface area contributed by atoms with Crippen LogP contribution in [-0.2, 0) is 11.2 Å². The summed E-state index contributed by atoms with van der Waals surface area (Å²) in [4.78, 5) is 14.2. The molecule has 0 saturated carbocycles. The van der Waals surface area contributed by atoms with E-state index in [1.165, 1.54) is 0 Å². The molecule has 0 aromatic heterocycles. The van der Waals surface area contributed by atoms with E-state index in [2.05, 4.69) is 0 Å². The maximum atomic E-state index is 12.4. The zero-order chi connectivity index (χ0) is 14.1. The lowest BCUT2D eigenvalue weighted by molar-refractivity contribution is -0.119. The Labute approximate surface area is 118 Å². The Hall–Kier alpha value is -2.29. The summed E-state index contributed by atoms with van der Waals surface area (Å²) < 4.78 is 5.24. The van der Waals surface area contributed by atoms with Crippen LogP contribution in [0.25, 0.3) is 0 Å². The molecule has 20 heavy (non-hydrogen) atoms. The molecule has 1 amide bonds. The summed E-state index contributed by atoms with van der Waals surface area (Å²) in [5, 5.41) is 0. The van der Waals surface area contributed by atoms with Crippen LogP contribution >= 0.6 is 0 Å². The minimum Gasteiger partial charge on any atom is -0.497 e. The number of carbonyl (C=O) groups is 1. The number of anilines is 1. The minimum absolute atomic E-state index is 0.0942. The van der Waals surface area contributed by atoms with Crippen molar-refractivity contribution in [3.05, 3.63) is 59.7 Å². The molecule has 1 heterocycles. The summed E-state index contributed by atoms with van der Waals surface area (Å²) in [6.45, 7) is 0. The first kappa shape index (κ1) is 12.7. The molecule has 3 heteroatoms. The van der Waals surface area contributed by atoms with Crippen LogP contribution in [0.1, 0.15) is 17.0 Å². The second-order valence-corrected chi connectivity index (χ2v) is 5.06. The highest BCUT2D eigenvalue weighted by Gasteiger charge is 2.34. The van der Waals surface area contributed by atoms with Crippen LogP contribution in [0.2, 0.25) is 0 Å². The van der Waals surface area contributed by atoms with Gasteiger partial charge in [0.05, 0.1) is 13.0 Å². The van der Waals surface area contributed by atoms with Gasteiger partial charge in [0.2, 0.25) is 5.91 Å². The van der Waals surface area contributed by atoms with E-state index in [1.807, 2.05) is 55.6 Å². The average molecular weight is 267 g/mol. The zero-order valence-corrected chi connectivity index (χ0v) is 11.7. The lowest BCUT2D eigenvalue weighted by Gasteiger charge is -2.11. The molecule has 0 unspecified atom stereocenters. The van der Waals surface area contributed by atoms with E-state index in [0.717, 1.165) is 22.6 Å². The molecule has 0 saturated heterocycles. The SMILES string of the molecule is COc1cccc(C[C@H]2C(=O)N(C)c3ccccc32)c1. The second kappa shape index (κ2) is 5.00. The standard InChI is InChI=1S/C17H17NO2/c1-18-16-9-4-3-8-14(16)15(17(18)19)11-12-6-5-7-13(10-12)20-2/h3-10,15H,11H2,1-2H3/t15-/m1/s1. The van der Waals surface area contributed by atoms with Crippen LogP contribution in [-0.4, -0.2) is 20.1 Å². The van der Waals surface area contributed by atoms with E-state index in [4.69, 9.17) is 4.74 Å². The normalized spacial score (nSPS) is 17.2. The van der Waals surface area contributed by atoms with Gasteiger partial charge in [0.15, 0.2) is 0 Å². The van der Waals surface area contributed by atoms with Gasteiger partial charge in [-0.2, -0.15) is 0 Å². The topological polar surface area (TPSA) is 29.5 Å². The number of likely N-dealkylation sites (N-methyl/N-ethyl adjacent to an activating group) is 1. The Morgan fingerprint density at radius 3 is 2.75 bits per heavy atom. The van der Waals surface area contributed by atoms with E-state index in [-0.39, 0.29) is 11.8 Å². The average Bonchev–Trinajstić information content (AvgIpc) is 2.73. The van der Waals surface area contributed by atoms with Crippen LogP contribution < -0.4 is 9.64 Å². The highest BCUT2D eigenvalue weighted by atomic mass is 16.5. The molecule has 0 N–H and O–H groups in total. The number of nitrogens with zero attached hydrogens (tertiary/aromatic N) is 1. The van der Waals surface area contributed by atoms with Crippen LogP contribution in [0.3, 0.4) is 0 Å². The van der Waals surface area contributed by atoms with Crippen molar-refractivity contribution >= 4 is 11.6 Å². The molecule has 1 atom stereocenters. The third-order valence-corrected chi connectivity index (χ3v) is 3.88. The number of hydrogen-bond donors (Lipinski definition) is 0. The summed E-state index contributed by atoms with van der Waals surface area (Å²) in [6.07, 6.45) is 0.706. The molecular formula is C17H17NO2. The number of amides is 1. The lowest BCUT2D eigenvalue weighted by Crippen LogP contribution is -2.24. The number of methoxy groups -OCH3 is 1. The molecule has 0 spiro atoms. The molecule has 0 aliphatic carbocycles. The number of para-hydroxylation sites is 1. The van der Waals surface area contributed by atoms with Gasteiger partial charge in [-0.3, -0.25) is 4.79 Å². The summed E-state index contributed by atoms with van der Waals surface area (Å²) in [5.41, 5.74) is 3.25. The number of rotatable bonds is 3. The number of hydrogen-bond acceptors (Lipinski definition) is 2. The molecule has 3 nitrogen and oxygen atoms in total. The zero-order valence-electron chi connectivity index (χ0n) is 11.7. The first-order chi connectivity index (χ1) is 9.70. The quantitative estimate of drug-likeness (QED) is 0.855. The third kappa shape index (κ3) is 2.05. The van der Waals surface area contributed by atoms with Gasteiger partial charge in [0.25, 0.3) is 0 Å². The molecule has 2 aromatic carbocycles. The third-order valence-electron chi connectivity index (χ3n) is 3.88. The minimum atomic E-state index is -0.0942. The van der Waals surface area contributed by atoms with Crippen LogP contribution in [0.5, 0.6) is 5.75 Å². The summed E-state index contributed by atoms with van der Waals surface area (Å²) >= 11 is 0. The monoisotopic (exact) mass is 267 g/mol. The fourth-order valence-electron chi connectivity index (χ4n) is 2.81. The summed E-state index contributed by atoms with van der Waals surface area (Å²) in [7, 11) is 3.50. The van der Waals surface area contributed by atoms with Gasteiger partial charge in [0, 0.05) is 12.7 Å². The number of carbonyl (C=O) groups excluding carboxylic acids is 1. The largest absolute Gasteiger partial charge is 0.497 e. The second-order valence-electron chi connectivity index (χ2n) is 5.06. The van der Waals surface area contributed by atoms with Crippen molar-refractivity contribution < 1.29 is 9.53 Å². The van der Waals surface area contributed by atoms with Gasteiger partial charge in [-0.05, 0) is 35.7 Å². The van der Waals surface area contributed by atoms with Crippen LogP contribution in [0, 0.1) is 0 Å². The Balaban J connectivity index is 1.93. The molecular weight excluding hydrogens is 250 g/mol. The van der Waals surface area contributed by atoms with E-state index in [1.54, 1.807) is 12.0 Å². The van der Waals surface area contributed by atoms with Crippen LogP contribution in [0.15, 0.2) is 48.5 Å². The Morgan fingerprint density at radius 1 is 1.15 bits per heavy atom. The fourth-order valence-corrected chi connectivity index (χ4v) is 2.81. The first-order valence-electron chi connectivity index (χ1n) is 6.70. The number of benzene rings is 2. The Morgan fingerprint density at radius 2 is 1.95 bits per heavy atom. The Bertz CT molecular complexity index is 651. The first-order valence-corrected chi connectivity index (χ1v) is 6.70. The van der Waals surface area contributed by atoms with Crippen molar-refractivity contribution in [2.75, 3.05) is 19.1 Å². The summed E-state index contributed by atoms with van der Waals surface area (Å²) in [5.74, 6) is 0.895. The van der Waals surface area contributed by atoms with Crippen LogP contribution in [0.4, 0.5) is 5.69 Å². The van der Waals surface area contributed by atoms with Crippen molar-refractivity contribution in [2.45, 2.75) is 12.3 Å². The molecule has 3 rings (SSSR count). The van der Waals surface area contributed by atoms with E-state index in [9.17, 15) is 4.79 Å². The molecule has 2 aromatic rings. The van der Waals surface area contributed by atoms with Crippen molar-refractivity contribution in [2.24, 2.45) is 0 Å². The lowest BCUT2D eigenvalue weighted by atomic mass is 9.93. The van der Waals surface area contributed by atoms with Crippen molar-refractivity contribution in [1.82, 2.24) is 0 Å².